The first-order valence-corrected chi connectivity index (χ1v) is 9.54. The molecular formula is C17H31N5O2S. The molecule has 3 amide bonds. The Hall–Kier alpha value is -1.67. The first-order chi connectivity index (χ1) is 11.6. The third-order valence-corrected chi connectivity index (χ3v) is 4.43. The minimum absolute atomic E-state index is 0.00180. The number of aromatic nitrogens is 1. The minimum Gasteiger partial charge on any atom is -0.333 e. The van der Waals surface area contributed by atoms with Gasteiger partial charge in [-0.25, -0.2) is 9.78 Å². The third-order valence-electron chi connectivity index (χ3n) is 3.55. The highest BCUT2D eigenvalue weighted by atomic mass is 32.1. The molecule has 0 aliphatic rings. The number of hydrogen-bond acceptors (Lipinski definition) is 5. The number of nitrogens with zero attached hydrogens (tertiary/aromatic N) is 3. The molecule has 1 heterocycles. The first-order valence-electron chi connectivity index (χ1n) is 8.66. The van der Waals surface area contributed by atoms with Gasteiger partial charge in [0.1, 0.15) is 6.54 Å². The maximum absolute atomic E-state index is 12.5. The van der Waals surface area contributed by atoms with Crippen LogP contribution in [0.1, 0.15) is 40.3 Å². The second-order valence-corrected chi connectivity index (χ2v) is 7.83. The van der Waals surface area contributed by atoms with Crippen LogP contribution in [0.5, 0.6) is 0 Å². The van der Waals surface area contributed by atoms with Gasteiger partial charge in [-0.15, -0.1) is 11.3 Å². The Morgan fingerprint density at radius 1 is 1.20 bits per heavy atom. The largest absolute Gasteiger partial charge is 0.333 e. The zero-order chi connectivity index (χ0) is 19.0. The molecule has 0 saturated heterocycles. The molecule has 1 aromatic heterocycles. The normalized spacial score (nSPS) is 11.5. The van der Waals surface area contributed by atoms with Crippen molar-refractivity contribution in [1.29, 1.82) is 0 Å². The van der Waals surface area contributed by atoms with Crippen LogP contribution in [0.15, 0.2) is 5.38 Å². The number of carbonyl (C=O) groups is 2. The van der Waals surface area contributed by atoms with Crippen molar-refractivity contribution in [2.24, 2.45) is 0 Å². The summed E-state index contributed by atoms with van der Waals surface area (Å²) in [6.07, 6.45) is 0. The number of anilines is 1. The van der Waals surface area contributed by atoms with Gasteiger partial charge in [0.15, 0.2) is 5.13 Å². The SMILES string of the molecule is CCN(CC)CCN(CC(=O)Nc1nc(C)cs1)C(=O)NC(C)(C)C. The highest BCUT2D eigenvalue weighted by Crippen LogP contribution is 2.14. The van der Waals surface area contributed by atoms with Crippen LogP contribution >= 0.6 is 11.3 Å². The maximum Gasteiger partial charge on any atom is 0.318 e. The average Bonchev–Trinajstić information content (AvgIpc) is 2.90. The summed E-state index contributed by atoms with van der Waals surface area (Å²) in [7, 11) is 0. The Morgan fingerprint density at radius 3 is 2.32 bits per heavy atom. The minimum atomic E-state index is -0.354. The number of likely N-dealkylation sites (N-methyl/N-ethyl adjacent to an activating group) is 1. The molecule has 0 unspecified atom stereocenters. The number of rotatable bonds is 8. The quantitative estimate of drug-likeness (QED) is 0.738. The lowest BCUT2D eigenvalue weighted by Gasteiger charge is -2.29. The predicted molar refractivity (Wildman–Crippen MR) is 103 cm³/mol. The lowest BCUT2D eigenvalue weighted by atomic mass is 10.1. The summed E-state index contributed by atoms with van der Waals surface area (Å²) in [5, 5.41) is 8.12. The second kappa shape index (κ2) is 9.72. The van der Waals surface area contributed by atoms with Crippen LogP contribution in [0.25, 0.3) is 0 Å². The number of urea groups is 1. The Morgan fingerprint density at radius 2 is 1.84 bits per heavy atom. The van der Waals surface area contributed by atoms with Gasteiger partial charge in [0.05, 0.1) is 5.69 Å². The Kier molecular flexibility index (Phi) is 8.31. The molecule has 142 valence electrons. The monoisotopic (exact) mass is 369 g/mol. The molecule has 0 atom stereocenters. The molecule has 2 N–H and O–H groups in total. The van der Waals surface area contributed by atoms with Crippen molar-refractivity contribution < 1.29 is 9.59 Å². The van der Waals surface area contributed by atoms with Gasteiger partial charge in [0.2, 0.25) is 5.91 Å². The number of nitrogens with one attached hydrogen (secondary N) is 2. The zero-order valence-corrected chi connectivity index (χ0v) is 17.0. The number of amides is 3. The van der Waals surface area contributed by atoms with E-state index in [9.17, 15) is 9.59 Å². The zero-order valence-electron chi connectivity index (χ0n) is 16.2. The molecule has 0 radical (unpaired) electrons. The van der Waals surface area contributed by atoms with Crippen LogP contribution in [0.4, 0.5) is 9.93 Å². The third kappa shape index (κ3) is 8.31. The molecule has 0 spiro atoms. The van der Waals surface area contributed by atoms with E-state index in [2.05, 4.69) is 34.4 Å². The molecule has 0 aliphatic carbocycles. The lowest BCUT2D eigenvalue weighted by molar-refractivity contribution is -0.116. The number of aryl methyl sites for hydroxylation is 1. The Balaban J connectivity index is 2.71. The van der Waals surface area contributed by atoms with Gasteiger partial charge in [-0.2, -0.15) is 0 Å². The molecular weight excluding hydrogens is 338 g/mol. The first kappa shape index (κ1) is 21.4. The van der Waals surface area contributed by atoms with Crippen molar-refractivity contribution in [2.75, 3.05) is 38.0 Å². The van der Waals surface area contributed by atoms with Crippen LogP contribution in [0, 0.1) is 6.92 Å². The summed E-state index contributed by atoms with van der Waals surface area (Å²) in [6, 6.07) is -0.231. The van der Waals surface area contributed by atoms with Gasteiger partial charge in [-0.1, -0.05) is 13.8 Å². The van der Waals surface area contributed by atoms with Gasteiger partial charge < -0.3 is 20.4 Å². The maximum atomic E-state index is 12.5. The van der Waals surface area contributed by atoms with Crippen LogP contribution in [-0.4, -0.2) is 65.0 Å². The standard InChI is InChI=1S/C17H31N5O2S/c1-7-21(8-2)9-10-22(16(24)20-17(4,5)6)11-14(23)19-15-18-13(3)12-25-15/h12H,7-11H2,1-6H3,(H,20,24)(H,18,19,23). The molecule has 0 saturated carbocycles. The van der Waals surface area contributed by atoms with Crippen molar-refractivity contribution in [1.82, 2.24) is 20.1 Å². The molecule has 0 bridgehead atoms. The summed E-state index contributed by atoms with van der Waals surface area (Å²) < 4.78 is 0. The van der Waals surface area contributed by atoms with E-state index in [-0.39, 0.29) is 24.0 Å². The van der Waals surface area contributed by atoms with E-state index >= 15 is 0 Å². The van der Waals surface area contributed by atoms with Crippen LogP contribution in [0.2, 0.25) is 0 Å². The van der Waals surface area contributed by atoms with Crippen molar-refractivity contribution in [3.8, 4) is 0 Å². The summed E-state index contributed by atoms with van der Waals surface area (Å²) in [4.78, 5) is 32.8. The molecule has 7 nitrogen and oxygen atoms in total. The van der Waals surface area contributed by atoms with Crippen molar-refractivity contribution in [2.45, 2.75) is 47.1 Å². The predicted octanol–water partition coefficient (Wildman–Crippen LogP) is 2.54. The lowest BCUT2D eigenvalue weighted by Crippen LogP contribution is -2.52. The van der Waals surface area contributed by atoms with Gasteiger partial charge in [0, 0.05) is 24.0 Å². The van der Waals surface area contributed by atoms with E-state index in [1.165, 1.54) is 11.3 Å². The van der Waals surface area contributed by atoms with E-state index in [0.29, 0.717) is 11.7 Å². The van der Waals surface area contributed by atoms with Crippen LogP contribution < -0.4 is 10.6 Å². The highest BCUT2D eigenvalue weighted by molar-refractivity contribution is 7.13. The van der Waals surface area contributed by atoms with E-state index in [1.54, 1.807) is 4.90 Å². The molecule has 0 aliphatic heterocycles. The summed E-state index contributed by atoms with van der Waals surface area (Å²) in [5.74, 6) is -0.238. The Labute approximate surface area is 154 Å². The van der Waals surface area contributed by atoms with E-state index in [4.69, 9.17) is 0 Å². The average molecular weight is 370 g/mol. The molecule has 0 aromatic carbocycles. The summed E-state index contributed by atoms with van der Waals surface area (Å²) >= 11 is 1.38. The summed E-state index contributed by atoms with van der Waals surface area (Å²) in [6.45, 7) is 14.9. The van der Waals surface area contributed by atoms with Gasteiger partial charge in [-0.05, 0) is 40.8 Å². The molecule has 25 heavy (non-hydrogen) atoms. The molecule has 1 rings (SSSR count). The van der Waals surface area contributed by atoms with Crippen molar-refractivity contribution >= 4 is 28.4 Å². The smallest absolute Gasteiger partial charge is 0.318 e. The topological polar surface area (TPSA) is 77.6 Å². The van der Waals surface area contributed by atoms with E-state index in [0.717, 1.165) is 25.3 Å². The molecule has 1 aromatic rings. The number of thiazole rings is 1. The second-order valence-electron chi connectivity index (χ2n) is 6.97. The van der Waals surface area contributed by atoms with Crippen LogP contribution in [0.3, 0.4) is 0 Å². The number of carbonyl (C=O) groups excluding carboxylic acids is 2. The fraction of sp³-hybridized carbons (Fsp3) is 0.706. The molecule has 8 heteroatoms. The van der Waals surface area contributed by atoms with Crippen molar-refractivity contribution in [3.63, 3.8) is 0 Å². The summed E-state index contributed by atoms with van der Waals surface area (Å²) in [5.41, 5.74) is 0.511. The fourth-order valence-electron chi connectivity index (χ4n) is 2.20. The molecule has 0 fully saturated rings. The van der Waals surface area contributed by atoms with E-state index < -0.39 is 0 Å². The Bertz CT molecular complexity index is 564. The van der Waals surface area contributed by atoms with Crippen LogP contribution in [-0.2, 0) is 4.79 Å². The van der Waals surface area contributed by atoms with Gasteiger partial charge >= 0.3 is 6.03 Å². The van der Waals surface area contributed by atoms with E-state index in [1.807, 2.05) is 33.1 Å². The fourth-order valence-corrected chi connectivity index (χ4v) is 2.90. The van der Waals surface area contributed by atoms with Crippen molar-refractivity contribution in [3.05, 3.63) is 11.1 Å². The van der Waals surface area contributed by atoms with Gasteiger partial charge in [0.25, 0.3) is 0 Å². The highest BCUT2D eigenvalue weighted by Gasteiger charge is 2.22. The van der Waals surface area contributed by atoms with Gasteiger partial charge in [-0.3, -0.25) is 4.79 Å². The number of hydrogen-bond donors (Lipinski definition) is 2.